The van der Waals surface area contributed by atoms with Gasteiger partial charge in [0.15, 0.2) is 0 Å². The highest BCUT2D eigenvalue weighted by Crippen LogP contribution is 2.27. The molecule has 1 aliphatic rings. The van der Waals surface area contributed by atoms with Crippen molar-refractivity contribution >= 4 is 40.7 Å². The van der Waals surface area contributed by atoms with Crippen molar-refractivity contribution in [2.24, 2.45) is 0 Å². The molecular weight excluding hydrogens is 424 g/mol. The predicted molar refractivity (Wildman–Crippen MR) is 115 cm³/mol. The van der Waals surface area contributed by atoms with Crippen molar-refractivity contribution in [3.05, 3.63) is 68.6 Å². The van der Waals surface area contributed by atoms with Gasteiger partial charge in [0.25, 0.3) is 11.8 Å². The molecule has 1 aromatic carbocycles. The molecule has 0 aliphatic carbocycles. The van der Waals surface area contributed by atoms with Gasteiger partial charge in [0.05, 0.1) is 22.9 Å². The minimum atomic E-state index is -0.334. The second kappa shape index (κ2) is 8.81. The topological polar surface area (TPSA) is 84.4 Å². The molecule has 0 radical (unpaired) electrons. The lowest BCUT2D eigenvalue weighted by molar-refractivity contribution is 0.0738. The molecule has 0 saturated carbocycles. The highest BCUT2D eigenvalue weighted by atomic mass is 35.5. The smallest absolute Gasteiger partial charge is 0.265 e. The van der Waals surface area contributed by atoms with Crippen molar-refractivity contribution in [1.29, 1.82) is 0 Å². The van der Waals surface area contributed by atoms with E-state index in [1.807, 2.05) is 13.0 Å². The van der Waals surface area contributed by atoms with Crippen molar-refractivity contribution in [2.75, 3.05) is 18.5 Å². The molecule has 4 rings (SSSR count). The SMILES string of the molecule is CCOc1ccccc1C(=O)Nc1ncc2c(n1)CCN(C(=O)c1sccc1Cl)C2. The highest BCUT2D eigenvalue weighted by molar-refractivity contribution is 7.12. The number of halogens is 1. The van der Waals surface area contributed by atoms with Crippen LogP contribution in [0, 0.1) is 0 Å². The third-order valence-electron chi connectivity index (χ3n) is 4.69. The van der Waals surface area contributed by atoms with Crippen LogP contribution in [0.5, 0.6) is 5.75 Å². The summed E-state index contributed by atoms with van der Waals surface area (Å²) in [7, 11) is 0. The Balaban J connectivity index is 1.48. The third kappa shape index (κ3) is 4.15. The van der Waals surface area contributed by atoms with E-state index in [0.717, 1.165) is 11.3 Å². The summed E-state index contributed by atoms with van der Waals surface area (Å²) < 4.78 is 5.51. The third-order valence-corrected chi connectivity index (χ3v) is 6.02. The Hall–Kier alpha value is -2.97. The van der Waals surface area contributed by atoms with E-state index in [2.05, 4.69) is 15.3 Å². The molecule has 1 N–H and O–H groups in total. The summed E-state index contributed by atoms with van der Waals surface area (Å²) in [6, 6.07) is 8.75. The van der Waals surface area contributed by atoms with E-state index in [-0.39, 0.29) is 17.8 Å². The van der Waals surface area contributed by atoms with Crippen LogP contribution >= 0.6 is 22.9 Å². The van der Waals surface area contributed by atoms with Crippen molar-refractivity contribution < 1.29 is 14.3 Å². The van der Waals surface area contributed by atoms with Gasteiger partial charge >= 0.3 is 0 Å². The number of para-hydroxylation sites is 1. The number of fused-ring (bicyclic) bond motifs is 1. The fourth-order valence-electron chi connectivity index (χ4n) is 3.24. The molecule has 0 bridgehead atoms. The van der Waals surface area contributed by atoms with Gasteiger partial charge in [-0.1, -0.05) is 23.7 Å². The van der Waals surface area contributed by atoms with E-state index in [0.29, 0.717) is 47.3 Å². The number of anilines is 1. The molecule has 30 heavy (non-hydrogen) atoms. The zero-order chi connectivity index (χ0) is 21.1. The van der Waals surface area contributed by atoms with Gasteiger partial charge in [0.1, 0.15) is 10.6 Å². The number of amides is 2. The van der Waals surface area contributed by atoms with Crippen molar-refractivity contribution in [1.82, 2.24) is 14.9 Å². The largest absolute Gasteiger partial charge is 0.493 e. The molecule has 0 atom stereocenters. The average molecular weight is 443 g/mol. The summed E-state index contributed by atoms with van der Waals surface area (Å²) in [5.74, 6) is 0.312. The molecule has 0 saturated heterocycles. The number of benzene rings is 1. The van der Waals surface area contributed by atoms with Gasteiger partial charge in [-0.15, -0.1) is 11.3 Å². The monoisotopic (exact) mass is 442 g/mol. The second-order valence-corrected chi connectivity index (χ2v) is 7.95. The first-order valence-corrected chi connectivity index (χ1v) is 10.7. The zero-order valence-electron chi connectivity index (χ0n) is 16.2. The van der Waals surface area contributed by atoms with E-state index in [1.165, 1.54) is 11.3 Å². The number of hydrogen-bond donors (Lipinski definition) is 1. The number of thiophene rings is 1. The number of nitrogens with zero attached hydrogens (tertiary/aromatic N) is 3. The minimum absolute atomic E-state index is 0.0921. The minimum Gasteiger partial charge on any atom is -0.493 e. The van der Waals surface area contributed by atoms with E-state index < -0.39 is 0 Å². The predicted octanol–water partition coefficient (Wildman–Crippen LogP) is 4.04. The Labute approximate surface area is 182 Å². The molecule has 2 amide bonds. The summed E-state index contributed by atoms with van der Waals surface area (Å²) in [6.07, 6.45) is 2.23. The van der Waals surface area contributed by atoms with Gasteiger partial charge in [0.2, 0.25) is 5.95 Å². The molecule has 1 aliphatic heterocycles. The van der Waals surface area contributed by atoms with Gasteiger partial charge in [-0.3, -0.25) is 14.9 Å². The molecule has 9 heteroatoms. The summed E-state index contributed by atoms with van der Waals surface area (Å²) in [5, 5.41) is 5.00. The maximum Gasteiger partial charge on any atom is 0.265 e. The Kier molecular flexibility index (Phi) is 5.96. The molecule has 0 unspecified atom stereocenters. The maximum atomic E-state index is 12.7. The Morgan fingerprint density at radius 1 is 1.30 bits per heavy atom. The number of nitrogens with one attached hydrogen (secondary N) is 1. The number of carbonyl (C=O) groups is 2. The molecule has 0 fully saturated rings. The number of aromatic nitrogens is 2. The molecule has 3 heterocycles. The first-order chi connectivity index (χ1) is 14.6. The van der Waals surface area contributed by atoms with Crippen LogP contribution in [0.1, 0.15) is 38.2 Å². The number of hydrogen-bond acceptors (Lipinski definition) is 6. The van der Waals surface area contributed by atoms with Crippen LogP contribution in [0.3, 0.4) is 0 Å². The van der Waals surface area contributed by atoms with Gasteiger partial charge in [-0.2, -0.15) is 0 Å². The Morgan fingerprint density at radius 2 is 2.13 bits per heavy atom. The van der Waals surface area contributed by atoms with Gasteiger partial charge in [0, 0.05) is 31.3 Å². The van der Waals surface area contributed by atoms with Crippen molar-refractivity contribution in [3.63, 3.8) is 0 Å². The first kappa shape index (κ1) is 20.3. The molecule has 7 nitrogen and oxygen atoms in total. The zero-order valence-corrected chi connectivity index (χ0v) is 17.8. The number of carbonyl (C=O) groups excluding carboxylic acids is 2. The van der Waals surface area contributed by atoms with Crippen LogP contribution in [0.4, 0.5) is 5.95 Å². The summed E-state index contributed by atoms with van der Waals surface area (Å²) >= 11 is 7.43. The van der Waals surface area contributed by atoms with Gasteiger partial charge < -0.3 is 9.64 Å². The van der Waals surface area contributed by atoms with Crippen molar-refractivity contribution in [2.45, 2.75) is 19.9 Å². The normalized spacial score (nSPS) is 12.9. The Bertz CT molecular complexity index is 1100. The first-order valence-electron chi connectivity index (χ1n) is 9.47. The van der Waals surface area contributed by atoms with Crippen LogP contribution in [-0.2, 0) is 13.0 Å². The van der Waals surface area contributed by atoms with Crippen LogP contribution in [0.25, 0.3) is 0 Å². The van der Waals surface area contributed by atoms with Crippen LogP contribution in [0.15, 0.2) is 41.9 Å². The van der Waals surface area contributed by atoms with Gasteiger partial charge in [-0.25, -0.2) is 9.97 Å². The molecule has 0 spiro atoms. The van der Waals surface area contributed by atoms with Crippen LogP contribution < -0.4 is 10.1 Å². The summed E-state index contributed by atoms with van der Waals surface area (Å²) in [5.41, 5.74) is 2.10. The molecule has 2 aromatic heterocycles. The lowest BCUT2D eigenvalue weighted by Crippen LogP contribution is -2.36. The quantitative estimate of drug-likeness (QED) is 0.644. The highest BCUT2D eigenvalue weighted by Gasteiger charge is 2.25. The molecular formula is C21H19ClN4O3S. The fraction of sp³-hybridized carbons (Fsp3) is 0.238. The van der Waals surface area contributed by atoms with Crippen molar-refractivity contribution in [3.8, 4) is 5.75 Å². The lowest BCUT2D eigenvalue weighted by Gasteiger charge is -2.28. The van der Waals surface area contributed by atoms with Crippen LogP contribution in [-0.4, -0.2) is 39.8 Å². The van der Waals surface area contributed by atoms with Crippen LogP contribution in [0.2, 0.25) is 5.02 Å². The van der Waals surface area contributed by atoms with Gasteiger partial charge in [-0.05, 0) is 30.5 Å². The Morgan fingerprint density at radius 3 is 2.90 bits per heavy atom. The lowest BCUT2D eigenvalue weighted by atomic mass is 10.1. The second-order valence-electron chi connectivity index (χ2n) is 6.62. The molecule has 3 aromatic rings. The fourth-order valence-corrected chi connectivity index (χ4v) is 4.35. The standard InChI is InChI=1S/C21H19ClN4O3S/c1-2-29-17-6-4-3-5-14(17)19(27)25-21-23-11-13-12-26(9-7-16(13)24-21)20(28)18-15(22)8-10-30-18/h3-6,8,10-11H,2,7,9,12H2,1H3,(H,23,24,25,27). The number of ether oxygens (including phenoxy) is 1. The van der Waals surface area contributed by atoms with E-state index in [1.54, 1.807) is 40.7 Å². The number of rotatable bonds is 5. The summed E-state index contributed by atoms with van der Waals surface area (Å²) in [4.78, 5) is 36.4. The average Bonchev–Trinajstić information content (AvgIpc) is 3.19. The van der Waals surface area contributed by atoms with E-state index in [9.17, 15) is 9.59 Å². The van der Waals surface area contributed by atoms with E-state index in [4.69, 9.17) is 16.3 Å². The maximum absolute atomic E-state index is 12.7. The van der Waals surface area contributed by atoms with E-state index >= 15 is 0 Å². The molecule has 154 valence electrons. The summed E-state index contributed by atoms with van der Waals surface area (Å²) in [6.45, 7) is 3.26.